The van der Waals surface area contributed by atoms with E-state index in [-0.39, 0.29) is 17.4 Å². The number of carboxylic acid groups (broad SMARTS) is 1. The number of rotatable bonds is 6. The number of benzene rings is 2. The number of hydrogen-bond acceptors (Lipinski definition) is 2. The number of carboxylic acids is 1. The first-order chi connectivity index (χ1) is 14.6. The zero-order chi connectivity index (χ0) is 22.6. The third kappa shape index (κ3) is 6.42. The van der Waals surface area contributed by atoms with Crippen molar-refractivity contribution in [2.45, 2.75) is 52.9 Å². The van der Waals surface area contributed by atoms with Gasteiger partial charge in [-0.2, -0.15) is 0 Å². The number of hydrogen-bond donors (Lipinski definition) is 2. The third-order valence-electron chi connectivity index (χ3n) is 6.67. The lowest BCUT2D eigenvalue weighted by Crippen LogP contribution is -2.35. The van der Waals surface area contributed by atoms with Gasteiger partial charge >= 0.3 is 5.97 Å². The highest BCUT2D eigenvalue weighted by Crippen LogP contribution is 2.42. The minimum Gasteiger partial charge on any atom is -0.478 e. The largest absolute Gasteiger partial charge is 0.478 e. The van der Waals surface area contributed by atoms with Crippen LogP contribution in [0.25, 0.3) is 0 Å². The van der Waals surface area contributed by atoms with Crippen molar-refractivity contribution >= 4 is 33.5 Å². The Labute approximate surface area is 193 Å². The van der Waals surface area contributed by atoms with Crippen LogP contribution in [0.3, 0.4) is 0 Å². The second-order valence-electron chi connectivity index (χ2n) is 9.79. The van der Waals surface area contributed by atoms with Gasteiger partial charge in [-0.15, -0.1) is 0 Å². The molecular formula is C26H32BrNO3. The van der Waals surface area contributed by atoms with Crippen LogP contribution in [0, 0.1) is 23.2 Å². The van der Waals surface area contributed by atoms with Crippen LogP contribution in [-0.4, -0.2) is 17.0 Å². The number of carbonyl (C=O) groups is 2. The second-order valence-corrected chi connectivity index (χ2v) is 10.7. The molecule has 0 aliphatic heterocycles. The Hall–Kier alpha value is -2.14. The molecular weight excluding hydrogens is 454 g/mol. The quantitative estimate of drug-likeness (QED) is 0.472. The van der Waals surface area contributed by atoms with Crippen molar-refractivity contribution in [2.75, 3.05) is 5.32 Å². The maximum atomic E-state index is 13.3. The van der Waals surface area contributed by atoms with E-state index in [1.54, 1.807) is 12.1 Å². The zero-order valence-electron chi connectivity index (χ0n) is 18.5. The van der Waals surface area contributed by atoms with E-state index in [1.165, 1.54) is 0 Å². The van der Waals surface area contributed by atoms with E-state index in [0.717, 1.165) is 41.4 Å². The smallest absolute Gasteiger partial charge is 0.335 e. The fourth-order valence-corrected chi connectivity index (χ4v) is 4.93. The normalized spacial score (nSPS) is 20.1. The molecule has 0 saturated heterocycles. The molecule has 0 bridgehead atoms. The highest BCUT2D eigenvalue weighted by Gasteiger charge is 2.35. The van der Waals surface area contributed by atoms with Crippen LogP contribution in [0.4, 0.5) is 5.69 Å². The van der Waals surface area contributed by atoms with Crippen LogP contribution in [0.2, 0.25) is 0 Å². The van der Waals surface area contributed by atoms with Gasteiger partial charge in [0, 0.05) is 16.1 Å². The molecule has 5 heteroatoms. The monoisotopic (exact) mass is 485 g/mol. The van der Waals surface area contributed by atoms with Crippen LogP contribution < -0.4 is 5.32 Å². The summed E-state index contributed by atoms with van der Waals surface area (Å²) in [6.45, 7) is 6.92. The molecule has 2 aromatic carbocycles. The van der Waals surface area contributed by atoms with Crippen molar-refractivity contribution in [3.63, 3.8) is 0 Å². The van der Waals surface area contributed by atoms with E-state index in [0.29, 0.717) is 23.7 Å². The van der Waals surface area contributed by atoms with Gasteiger partial charge in [0.1, 0.15) is 0 Å². The van der Waals surface area contributed by atoms with Crippen molar-refractivity contribution in [1.29, 1.82) is 0 Å². The Morgan fingerprint density at radius 3 is 2.10 bits per heavy atom. The lowest BCUT2D eigenvalue weighted by atomic mass is 9.66. The van der Waals surface area contributed by atoms with E-state index in [9.17, 15) is 9.59 Å². The molecule has 1 saturated carbocycles. The number of carbonyl (C=O) groups excluding carboxylic acids is 1. The summed E-state index contributed by atoms with van der Waals surface area (Å²) in [6.07, 6.45) is 5.01. The molecule has 1 atom stereocenters. The van der Waals surface area contributed by atoms with Crippen LogP contribution in [0.1, 0.15) is 62.4 Å². The number of halogens is 1. The van der Waals surface area contributed by atoms with Crippen LogP contribution in [0.15, 0.2) is 53.0 Å². The van der Waals surface area contributed by atoms with Gasteiger partial charge in [0.2, 0.25) is 5.91 Å². The van der Waals surface area contributed by atoms with E-state index in [2.05, 4.69) is 42.0 Å². The Morgan fingerprint density at radius 2 is 1.58 bits per heavy atom. The average Bonchev–Trinajstić information content (AvgIpc) is 2.73. The van der Waals surface area contributed by atoms with Crippen molar-refractivity contribution < 1.29 is 14.7 Å². The van der Waals surface area contributed by atoms with Gasteiger partial charge < -0.3 is 10.4 Å². The first-order valence-corrected chi connectivity index (χ1v) is 11.8. The van der Waals surface area contributed by atoms with Crippen LogP contribution in [0.5, 0.6) is 0 Å². The first-order valence-electron chi connectivity index (χ1n) is 11.0. The molecule has 3 rings (SSSR count). The fourth-order valence-electron chi connectivity index (χ4n) is 4.67. The molecule has 2 N–H and O–H groups in total. The van der Waals surface area contributed by atoms with E-state index < -0.39 is 5.97 Å². The molecule has 166 valence electrons. The molecule has 0 aromatic heterocycles. The summed E-state index contributed by atoms with van der Waals surface area (Å²) in [6, 6.07) is 14.6. The highest BCUT2D eigenvalue weighted by atomic mass is 79.9. The van der Waals surface area contributed by atoms with Gasteiger partial charge in [0.05, 0.1) is 5.56 Å². The van der Waals surface area contributed by atoms with Crippen LogP contribution >= 0.6 is 15.9 Å². The summed E-state index contributed by atoms with van der Waals surface area (Å²) in [5, 5.41) is 12.3. The number of amides is 1. The molecule has 4 nitrogen and oxygen atoms in total. The lowest BCUT2D eigenvalue weighted by Gasteiger charge is -2.39. The minimum atomic E-state index is -0.934. The van der Waals surface area contributed by atoms with Crippen LogP contribution in [-0.2, 0) is 11.2 Å². The van der Waals surface area contributed by atoms with E-state index in [4.69, 9.17) is 5.11 Å². The van der Waals surface area contributed by atoms with Crippen molar-refractivity contribution in [2.24, 2.45) is 23.2 Å². The van der Waals surface area contributed by atoms with Gasteiger partial charge in [0.25, 0.3) is 0 Å². The molecule has 1 aliphatic carbocycles. The Kier molecular flexibility index (Phi) is 7.58. The summed E-state index contributed by atoms with van der Waals surface area (Å²) in [4.78, 5) is 24.5. The summed E-state index contributed by atoms with van der Waals surface area (Å²) in [5.74, 6) is -0.0114. The van der Waals surface area contributed by atoms with Gasteiger partial charge in [-0.05, 0) is 91.3 Å². The standard InChI is InChI=1S/C26H32BrNO3/c1-26(2,3)20-10-8-18(9-11-20)23(16-17-4-6-19(7-5-17)25(30)31)24(29)28-22-14-12-21(27)13-15-22/h4-7,12-15,18,20,23H,8-11,16H2,1-3H3,(H,28,29)(H,30,31). The molecule has 1 aliphatic rings. The number of nitrogens with one attached hydrogen (secondary N) is 1. The molecule has 1 unspecified atom stereocenters. The van der Waals surface area contributed by atoms with Gasteiger partial charge in [-0.25, -0.2) is 4.79 Å². The van der Waals surface area contributed by atoms with Crippen molar-refractivity contribution in [3.05, 3.63) is 64.1 Å². The SMILES string of the molecule is CC(C)(C)C1CCC(C(Cc2ccc(C(=O)O)cc2)C(=O)Nc2ccc(Br)cc2)CC1. The lowest BCUT2D eigenvalue weighted by molar-refractivity contribution is -0.122. The maximum absolute atomic E-state index is 13.3. The molecule has 0 heterocycles. The van der Waals surface area contributed by atoms with Crippen molar-refractivity contribution in [1.82, 2.24) is 0 Å². The van der Waals surface area contributed by atoms with Gasteiger partial charge in [0.15, 0.2) is 0 Å². The molecule has 1 fully saturated rings. The third-order valence-corrected chi connectivity index (χ3v) is 7.20. The minimum absolute atomic E-state index is 0.0452. The highest BCUT2D eigenvalue weighted by molar-refractivity contribution is 9.10. The number of anilines is 1. The van der Waals surface area contributed by atoms with Gasteiger partial charge in [-0.1, -0.05) is 48.8 Å². The maximum Gasteiger partial charge on any atom is 0.335 e. The predicted molar refractivity (Wildman–Crippen MR) is 128 cm³/mol. The molecule has 0 radical (unpaired) electrons. The summed E-state index contributed by atoms with van der Waals surface area (Å²) in [7, 11) is 0. The van der Waals surface area contributed by atoms with E-state index >= 15 is 0 Å². The first kappa shape index (κ1) is 23.5. The molecule has 1 amide bonds. The Bertz CT molecular complexity index is 892. The average molecular weight is 486 g/mol. The summed E-state index contributed by atoms with van der Waals surface area (Å²) in [5.41, 5.74) is 2.36. The topological polar surface area (TPSA) is 66.4 Å². The summed E-state index contributed by atoms with van der Waals surface area (Å²) >= 11 is 3.43. The predicted octanol–water partition coefficient (Wildman–Crippen LogP) is 6.80. The van der Waals surface area contributed by atoms with E-state index in [1.807, 2.05) is 36.4 Å². The molecule has 2 aromatic rings. The number of aromatic carboxylic acids is 1. The molecule has 0 spiro atoms. The Morgan fingerprint density at radius 1 is 1.00 bits per heavy atom. The molecule has 31 heavy (non-hydrogen) atoms. The van der Waals surface area contributed by atoms with Gasteiger partial charge in [-0.3, -0.25) is 4.79 Å². The van der Waals surface area contributed by atoms with Crippen molar-refractivity contribution in [3.8, 4) is 0 Å². The summed E-state index contributed by atoms with van der Waals surface area (Å²) < 4.78 is 0.973. The zero-order valence-corrected chi connectivity index (χ0v) is 20.1. The Balaban J connectivity index is 1.77. The second kappa shape index (κ2) is 9.99. The fraction of sp³-hybridized carbons (Fsp3) is 0.462.